The average Bonchev–Trinajstić information content (AvgIpc) is 3.14. The van der Waals surface area contributed by atoms with Crippen LogP contribution in [-0.4, -0.2) is 17.8 Å². The molecule has 0 aliphatic carbocycles. The van der Waals surface area contributed by atoms with E-state index in [2.05, 4.69) is 42.2 Å². The maximum Gasteiger partial charge on any atom is 0.363 e. The maximum atomic E-state index is 13.9. The first-order valence-electron chi connectivity index (χ1n) is 10.1. The van der Waals surface area contributed by atoms with Crippen LogP contribution in [0.25, 0.3) is 6.08 Å². The monoisotopic (exact) mass is 586 g/mol. The van der Waals surface area contributed by atoms with E-state index in [-0.39, 0.29) is 29.9 Å². The molecule has 0 spiro atoms. The third-order valence-electron chi connectivity index (χ3n) is 4.73. The fourth-order valence-electron chi connectivity index (χ4n) is 3.16. The summed E-state index contributed by atoms with van der Waals surface area (Å²) in [6, 6.07) is 16.7. The van der Waals surface area contributed by atoms with Gasteiger partial charge in [-0.25, -0.2) is 14.2 Å². The van der Waals surface area contributed by atoms with Crippen LogP contribution in [0, 0.1) is 5.82 Å². The Bertz CT molecular complexity index is 1310. The number of hydrogen-bond acceptors (Lipinski definition) is 5. The number of nitrogens with one attached hydrogen (secondary N) is 1. The van der Waals surface area contributed by atoms with E-state index in [1.165, 1.54) is 13.0 Å². The van der Waals surface area contributed by atoms with E-state index < -0.39 is 5.97 Å². The predicted octanol–water partition coefficient (Wildman–Crippen LogP) is 6.23. The van der Waals surface area contributed by atoms with E-state index in [0.717, 1.165) is 0 Å². The van der Waals surface area contributed by atoms with E-state index in [0.29, 0.717) is 37.1 Å². The number of carbonyl (C=O) groups excluding carboxylic acids is 2. The van der Waals surface area contributed by atoms with Crippen LogP contribution in [0.4, 0.5) is 10.1 Å². The van der Waals surface area contributed by atoms with Crippen molar-refractivity contribution in [1.29, 1.82) is 0 Å². The summed E-state index contributed by atoms with van der Waals surface area (Å²) in [4.78, 5) is 27.8. The number of halogens is 3. The molecule has 1 amide bonds. The van der Waals surface area contributed by atoms with Crippen LogP contribution in [0.1, 0.15) is 23.6 Å². The first-order valence-corrected chi connectivity index (χ1v) is 11.6. The molecule has 1 heterocycles. The molecule has 172 valence electrons. The number of carbonyl (C=O) groups is 2. The van der Waals surface area contributed by atoms with Gasteiger partial charge in [-0.2, -0.15) is 0 Å². The Morgan fingerprint density at radius 1 is 1.12 bits per heavy atom. The number of nitrogens with zero attached hydrogens (tertiary/aromatic N) is 1. The normalized spacial score (nSPS) is 14.1. The summed E-state index contributed by atoms with van der Waals surface area (Å²) in [7, 11) is 0. The van der Waals surface area contributed by atoms with Gasteiger partial charge in [0.25, 0.3) is 0 Å². The fourth-order valence-corrected chi connectivity index (χ4v) is 4.61. The van der Waals surface area contributed by atoms with Gasteiger partial charge in [-0.05, 0) is 86.0 Å². The van der Waals surface area contributed by atoms with E-state index >= 15 is 0 Å². The summed E-state index contributed by atoms with van der Waals surface area (Å²) in [5.41, 5.74) is 2.48. The highest BCUT2D eigenvalue weighted by atomic mass is 79.9. The van der Waals surface area contributed by atoms with Crippen molar-refractivity contribution in [3.63, 3.8) is 0 Å². The molecule has 0 saturated heterocycles. The molecule has 0 atom stereocenters. The van der Waals surface area contributed by atoms with Gasteiger partial charge in [-0.15, -0.1) is 0 Å². The molecule has 0 aromatic heterocycles. The standard InChI is InChI=1S/C25H17Br2FN2O4/c1-14(31)29-18-8-6-16(7-9-18)24-30-22(25(32)34-24)12-15-10-19(26)23(20(27)11-15)33-13-17-4-2-3-5-21(17)28/h2-12H,13H2,1H3,(H,29,31)/b22-12-. The number of hydrogen-bond donors (Lipinski definition) is 1. The zero-order valence-corrected chi connectivity index (χ0v) is 20.9. The Morgan fingerprint density at radius 3 is 2.44 bits per heavy atom. The summed E-state index contributed by atoms with van der Waals surface area (Å²) in [6.07, 6.45) is 1.59. The van der Waals surface area contributed by atoms with Crippen LogP contribution in [-0.2, 0) is 20.9 Å². The second-order valence-corrected chi connectivity index (χ2v) is 9.00. The van der Waals surface area contributed by atoms with Gasteiger partial charge >= 0.3 is 5.97 Å². The van der Waals surface area contributed by atoms with Crippen molar-refractivity contribution in [1.82, 2.24) is 0 Å². The quantitative estimate of drug-likeness (QED) is 0.274. The number of rotatable bonds is 6. The van der Waals surface area contributed by atoms with Crippen LogP contribution >= 0.6 is 31.9 Å². The first-order chi connectivity index (χ1) is 16.3. The number of ether oxygens (including phenoxy) is 2. The third-order valence-corrected chi connectivity index (χ3v) is 5.90. The largest absolute Gasteiger partial charge is 0.486 e. The van der Waals surface area contributed by atoms with Crippen molar-refractivity contribution in [2.45, 2.75) is 13.5 Å². The van der Waals surface area contributed by atoms with Crippen molar-refractivity contribution in [3.8, 4) is 5.75 Å². The van der Waals surface area contributed by atoms with Crippen molar-refractivity contribution in [3.05, 3.63) is 97.8 Å². The molecule has 0 unspecified atom stereocenters. The van der Waals surface area contributed by atoms with E-state index in [1.807, 2.05) is 0 Å². The van der Waals surface area contributed by atoms with Gasteiger partial charge in [-0.3, -0.25) is 4.79 Å². The van der Waals surface area contributed by atoms with Crippen molar-refractivity contribution in [2.24, 2.45) is 4.99 Å². The number of benzene rings is 3. The van der Waals surface area contributed by atoms with Gasteiger partial charge in [0.15, 0.2) is 5.70 Å². The van der Waals surface area contributed by atoms with Gasteiger partial charge in [0, 0.05) is 23.7 Å². The Hall–Kier alpha value is -3.30. The molecule has 1 aliphatic heterocycles. The lowest BCUT2D eigenvalue weighted by molar-refractivity contribution is -0.129. The van der Waals surface area contributed by atoms with E-state index in [4.69, 9.17) is 9.47 Å². The second kappa shape index (κ2) is 10.3. The van der Waals surface area contributed by atoms with Gasteiger partial charge in [0.1, 0.15) is 18.2 Å². The highest BCUT2D eigenvalue weighted by Gasteiger charge is 2.24. The highest BCUT2D eigenvalue weighted by Crippen LogP contribution is 2.36. The number of cyclic esters (lactones) is 1. The highest BCUT2D eigenvalue weighted by molar-refractivity contribution is 9.11. The Balaban J connectivity index is 1.53. The SMILES string of the molecule is CC(=O)Nc1ccc(C2=N/C(=C\c3cc(Br)c(OCc4ccccc4F)c(Br)c3)C(=O)O2)cc1. The molecule has 9 heteroatoms. The van der Waals surface area contributed by atoms with E-state index in [9.17, 15) is 14.0 Å². The fraction of sp³-hybridized carbons (Fsp3) is 0.0800. The summed E-state index contributed by atoms with van der Waals surface area (Å²) in [5.74, 6) is -0.414. The zero-order chi connectivity index (χ0) is 24.2. The second-order valence-electron chi connectivity index (χ2n) is 7.29. The van der Waals surface area contributed by atoms with Crippen LogP contribution in [0.3, 0.4) is 0 Å². The molecule has 6 nitrogen and oxygen atoms in total. The number of anilines is 1. The minimum atomic E-state index is -0.576. The molecule has 1 aliphatic rings. The summed E-state index contributed by atoms with van der Waals surface area (Å²) < 4.78 is 26.2. The van der Waals surface area contributed by atoms with Gasteiger partial charge in [0.2, 0.25) is 11.8 Å². The maximum absolute atomic E-state index is 13.9. The summed E-state index contributed by atoms with van der Waals surface area (Å²) in [5, 5.41) is 2.67. The number of esters is 1. The third kappa shape index (κ3) is 5.60. The van der Waals surface area contributed by atoms with Crippen LogP contribution in [0.15, 0.2) is 80.3 Å². The molecular weight excluding hydrogens is 571 g/mol. The zero-order valence-electron chi connectivity index (χ0n) is 17.8. The Morgan fingerprint density at radius 2 is 1.79 bits per heavy atom. The molecule has 3 aromatic rings. The van der Waals surface area contributed by atoms with Crippen molar-refractivity contribution >= 4 is 61.4 Å². The summed E-state index contributed by atoms with van der Waals surface area (Å²) >= 11 is 6.93. The molecule has 4 rings (SSSR count). The van der Waals surface area contributed by atoms with Gasteiger partial charge in [-0.1, -0.05) is 18.2 Å². The molecule has 34 heavy (non-hydrogen) atoms. The predicted molar refractivity (Wildman–Crippen MR) is 134 cm³/mol. The lowest BCUT2D eigenvalue weighted by Gasteiger charge is -2.12. The number of aliphatic imine (C=N–C) groups is 1. The lowest BCUT2D eigenvalue weighted by Crippen LogP contribution is -2.07. The minimum absolute atomic E-state index is 0.0605. The van der Waals surface area contributed by atoms with E-state index in [1.54, 1.807) is 60.7 Å². The average molecular weight is 588 g/mol. The lowest BCUT2D eigenvalue weighted by atomic mass is 10.2. The first kappa shape index (κ1) is 23.8. The van der Waals surface area contributed by atoms with Crippen LogP contribution in [0.2, 0.25) is 0 Å². The van der Waals surface area contributed by atoms with Gasteiger partial charge < -0.3 is 14.8 Å². The van der Waals surface area contributed by atoms with Crippen LogP contribution < -0.4 is 10.1 Å². The van der Waals surface area contributed by atoms with Gasteiger partial charge in [0.05, 0.1) is 8.95 Å². The molecule has 0 fully saturated rings. The van der Waals surface area contributed by atoms with Crippen molar-refractivity contribution in [2.75, 3.05) is 5.32 Å². The Kier molecular flexibility index (Phi) is 7.23. The molecule has 3 aromatic carbocycles. The molecule has 1 N–H and O–H groups in total. The topological polar surface area (TPSA) is 77.0 Å². The van der Waals surface area contributed by atoms with Crippen molar-refractivity contribution < 1.29 is 23.5 Å². The molecule has 0 radical (unpaired) electrons. The Labute approximate surface area is 211 Å². The molecular formula is C25H17Br2FN2O4. The molecule has 0 bridgehead atoms. The number of amides is 1. The van der Waals surface area contributed by atoms with Crippen LogP contribution in [0.5, 0.6) is 5.75 Å². The minimum Gasteiger partial charge on any atom is -0.486 e. The smallest absolute Gasteiger partial charge is 0.363 e. The molecule has 0 saturated carbocycles. The summed E-state index contributed by atoms with van der Waals surface area (Å²) in [6.45, 7) is 1.48.